The molecule has 0 aliphatic heterocycles. The van der Waals surface area contributed by atoms with Crippen LogP contribution in [-0.4, -0.2) is 9.91 Å². The van der Waals surface area contributed by atoms with Gasteiger partial charge in [0.2, 0.25) is 0 Å². The third-order valence-corrected chi connectivity index (χ3v) is 1.80. The molecule has 4 heteroatoms. The predicted octanol–water partition coefficient (Wildman–Crippen LogP) is 2.14. The number of rotatable bonds is 1. The van der Waals surface area contributed by atoms with E-state index < -0.39 is 4.92 Å². The standard InChI is InChI=1S/C9H6N2O2/c12-11(13)8-3-4-9-7(6-8)2-1-5-10-9/h1-6H/i11+1. The summed E-state index contributed by atoms with van der Waals surface area (Å²) in [7, 11) is 0. The fourth-order valence-electron chi connectivity index (χ4n) is 1.18. The van der Waals surface area contributed by atoms with Gasteiger partial charge in [0.25, 0.3) is 5.69 Å². The molecule has 0 atom stereocenters. The Bertz CT molecular complexity index is 468. The van der Waals surface area contributed by atoms with E-state index in [4.69, 9.17) is 0 Å². The third kappa shape index (κ3) is 1.33. The normalized spacial score (nSPS) is 10.2. The van der Waals surface area contributed by atoms with Crippen LogP contribution in [-0.2, 0) is 0 Å². The number of non-ortho nitro benzene ring substituents is 1. The molecule has 13 heavy (non-hydrogen) atoms. The minimum Gasteiger partial charge on any atom is -0.258 e. The lowest BCUT2D eigenvalue weighted by Crippen LogP contribution is -1.87. The maximum Gasteiger partial charge on any atom is 0.270 e. The van der Waals surface area contributed by atoms with Crippen LogP contribution in [0.2, 0.25) is 0 Å². The first-order valence-electron chi connectivity index (χ1n) is 3.76. The Morgan fingerprint density at radius 1 is 1.31 bits per heavy atom. The second-order valence-corrected chi connectivity index (χ2v) is 2.64. The SMILES string of the molecule is O=[15N+]([O-])c1ccc2ncccc2c1. The molecule has 0 spiro atoms. The quantitative estimate of drug-likeness (QED) is 0.379. The highest BCUT2D eigenvalue weighted by Crippen LogP contribution is 2.18. The van der Waals surface area contributed by atoms with Crippen molar-refractivity contribution >= 4 is 16.6 Å². The lowest BCUT2D eigenvalue weighted by atomic mass is 10.2. The van der Waals surface area contributed by atoms with Crippen LogP contribution in [0.15, 0.2) is 36.5 Å². The highest BCUT2D eigenvalue weighted by atomic mass is 16.9. The maximum atomic E-state index is 10.4. The van der Waals surface area contributed by atoms with Gasteiger partial charge in [0.15, 0.2) is 0 Å². The molecular formula is C9H6N2O2. The molecule has 0 amide bonds. The number of nitrogens with zero attached hydrogens (tertiary/aromatic N) is 2. The highest BCUT2D eigenvalue weighted by Gasteiger charge is 2.04. The van der Waals surface area contributed by atoms with Crippen molar-refractivity contribution < 1.29 is 4.92 Å². The summed E-state index contributed by atoms with van der Waals surface area (Å²) in [6, 6.07) is 8.17. The van der Waals surface area contributed by atoms with Crippen molar-refractivity contribution in [1.29, 1.82) is 0 Å². The van der Waals surface area contributed by atoms with Crippen LogP contribution < -0.4 is 0 Å². The lowest BCUT2D eigenvalue weighted by Gasteiger charge is -1.95. The molecule has 0 N–H and O–H groups in total. The van der Waals surface area contributed by atoms with Gasteiger partial charge in [0.05, 0.1) is 10.4 Å². The number of nitro benzene ring substituents is 1. The van der Waals surface area contributed by atoms with Gasteiger partial charge in [0.1, 0.15) is 0 Å². The van der Waals surface area contributed by atoms with Gasteiger partial charge >= 0.3 is 0 Å². The molecule has 1 heterocycles. The van der Waals surface area contributed by atoms with Gasteiger partial charge in [-0.25, -0.2) is 0 Å². The van der Waals surface area contributed by atoms with E-state index in [0.29, 0.717) is 0 Å². The number of aromatic nitrogens is 1. The Hall–Kier alpha value is -1.97. The fourth-order valence-corrected chi connectivity index (χ4v) is 1.18. The van der Waals surface area contributed by atoms with Crippen LogP contribution in [0.25, 0.3) is 10.9 Å². The lowest BCUT2D eigenvalue weighted by molar-refractivity contribution is -0.384. The molecule has 2 rings (SSSR count). The van der Waals surface area contributed by atoms with Gasteiger partial charge in [-0.15, -0.1) is 0 Å². The molecule has 2 aromatic rings. The number of pyridine rings is 1. The summed E-state index contributed by atoms with van der Waals surface area (Å²) in [5.74, 6) is 0. The van der Waals surface area contributed by atoms with Gasteiger partial charge in [0, 0.05) is 23.7 Å². The van der Waals surface area contributed by atoms with Crippen LogP contribution in [0, 0.1) is 10.1 Å². The summed E-state index contributed by atoms with van der Waals surface area (Å²) in [6.45, 7) is 0. The Morgan fingerprint density at radius 3 is 2.92 bits per heavy atom. The molecular weight excluding hydrogens is 169 g/mol. The van der Waals surface area contributed by atoms with Gasteiger partial charge in [-0.05, 0) is 12.1 Å². The molecule has 4 nitrogen and oxygen atoms in total. The van der Waals surface area contributed by atoms with Crippen LogP contribution in [0.1, 0.15) is 0 Å². The van der Waals surface area contributed by atoms with E-state index >= 15 is 0 Å². The Balaban J connectivity index is 2.69. The average molecular weight is 175 g/mol. The number of nitro groups is 1. The van der Waals surface area contributed by atoms with Crippen molar-refractivity contribution in [3.05, 3.63) is 46.6 Å². The third-order valence-electron chi connectivity index (χ3n) is 1.80. The Labute approximate surface area is 74.0 Å². The van der Waals surface area contributed by atoms with E-state index in [1.54, 1.807) is 24.4 Å². The van der Waals surface area contributed by atoms with E-state index in [-0.39, 0.29) is 5.69 Å². The molecule has 1 aromatic carbocycles. The van der Waals surface area contributed by atoms with E-state index in [1.807, 2.05) is 0 Å². The molecule has 0 aliphatic rings. The van der Waals surface area contributed by atoms with Crippen molar-refractivity contribution in [3.63, 3.8) is 0 Å². The molecule has 0 unspecified atom stereocenters. The zero-order valence-corrected chi connectivity index (χ0v) is 6.68. The van der Waals surface area contributed by atoms with Gasteiger partial charge in [-0.2, -0.15) is 0 Å². The van der Waals surface area contributed by atoms with Crippen molar-refractivity contribution in [3.8, 4) is 0 Å². The van der Waals surface area contributed by atoms with Crippen molar-refractivity contribution in [1.82, 2.24) is 4.98 Å². The van der Waals surface area contributed by atoms with Crippen LogP contribution >= 0.6 is 0 Å². The maximum absolute atomic E-state index is 10.4. The first-order chi connectivity index (χ1) is 6.27. The topological polar surface area (TPSA) is 56.0 Å². The van der Waals surface area contributed by atoms with E-state index in [0.717, 1.165) is 10.9 Å². The smallest absolute Gasteiger partial charge is 0.258 e. The van der Waals surface area contributed by atoms with Crippen molar-refractivity contribution in [2.75, 3.05) is 0 Å². The summed E-state index contributed by atoms with van der Waals surface area (Å²) in [4.78, 5) is 14.1. The summed E-state index contributed by atoms with van der Waals surface area (Å²) in [6.07, 6.45) is 1.66. The molecule has 1 aromatic heterocycles. The first kappa shape index (κ1) is 7.67. The van der Waals surface area contributed by atoms with E-state index in [9.17, 15) is 10.1 Å². The van der Waals surface area contributed by atoms with Gasteiger partial charge in [-0.1, -0.05) is 6.07 Å². The molecule has 0 bridgehead atoms. The Kier molecular flexibility index (Phi) is 1.66. The van der Waals surface area contributed by atoms with Crippen LogP contribution in [0.5, 0.6) is 0 Å². The van der Waals surface area contributed by atoms with Gasteiger partial charge in [-0.3, -0.25) is 15.1 Å². The van der Waals surface area contributed by atoms with E-state index in [1.165, 1.54) is 12.1 Å². The second-order valence-electron chi connectivity index (χ2n) is 2.64. The number of hydrogen-bond donors (Lipinski definition) is 0. The molecule has 0 fully saturated rings. The molecule has 64 valence electrons. The first-order valence-corrected chi connectivity index (χ1v) is 3.76. The molecule has 0 saturated carbocycles. The number of fused-ring (bicyclic) bond motifs is 1. The summed E-state index contributed by atoms with van der Waals surface area (Å²) >= 11 is 0. The van der Waals surface area contributed by atoms with Gasteiger partial charge < -0.3 is 0 Å². The summed E-state index contributed by atoms with van der Waals surface area (Å²) in [5.41, 5.74) is 0.869. The van der Waals surface area contributed by atoms with Crippen LogP contribution in [0.4, 0.5) is 5.69 Å². The fraction of sp³-hybridized carbons (Fsp3) is 0. The minimum absolute atomic E-state index is 0.0977. The zero-order valence-electron chi connectivity index (χ0n) is 6.68. The number of hydrogen-bond acceptors (Lipinski definition) is 3. The monoisotopic (exact) mass is 175 g/mol. The van der Waals surface area contributed by atoms with Crippen molar-refractivity contribution in [2.45, 2.75) is 0 Å². The largest absolute Gasteiger partial charge is 0.270 e. The van der Waals surface area contributed by atoms with Crippen molar-refractivity contribution in [2.24, 2.45) is 0 Å². The zero-order chi connectivity index (χ0) is 9.26. The second kappa shape index (κ2) is 2.82. The predicted molar refractivity (Wildman–Crippen MR) is 48.4 cm³/mol. The summed E-state index contributed by atoms with van der Waals surface area (Å²) in [5, 5.41) is 11.2. The summed E-state index contributed by atoms with van der Waals surface area (Å²) < 4.78 is 0. The number of benzene rings is 1. The van der Waals surface area contributed by atoms with E-state index in [2.05, 4.69) is 4.98 Å². The molecule has 0 saturated heterocycles. The minimum atomic E-state index is -0.410. The molecule has 0 radical (unpaired) electrons. The Morgan fingerprint density at radius 2 is 2.15 bits per heavy atom. The van der Waals surface area contributed by atoms with Crippen LogP contribution in [0.3, 0.4) is 0 Å². The average Bonchev–Trinajstić information content (AvgIpc) is 2.17. The molecule has 0 aliphatic carbocycles. The highest BCUT2D eigenvalue weighted by molar-refractivity contribution is 5.80.